The predicted octanol–water partition coefficient (Wildman–Crippen LogP) is 3.55. The second-order valence-electron chi connectivity index (χ2n) is 6.87. The number of ether oxygens (including phenoxy) is 2. The molecule has 2 aromatic rings. The van der Waals surface area contributed by atoms with Crippen LogP contribution < -0.4 is 20.1 Å². The molecule has 172 valence electrons. The molecule has 0 bridgehead atoms. The Morgan fingerprint density at radius 2 is 1.74 bits per heavy atom. The van der Waals surface area contributed by atoms with Crippen LogP contribution in [0.5, 0.6) is 11.5 Å². The topological polar surface area (TPSA) is 89.0 Å². The molecule has 0 unspecified atom stereocenters. The van der Waals surface area contributed by atoms with Crippen LogP contribution in [0.15, 0.2) is 52.4 Å². The van der Waals surface area contributed by atoms with Gasteiger partial charge in [0.1, 0.15) is 11.5 Å². The van der Waals surface area contributed by atoms with Gasteiger partial charge in [-0.05, 0) is 61.7 Å². The molecule has 0 atom stereocenters. The number of benzene rings is 2. The van der Waals surface area contributed by atoms with Gasteiger partial charge >= 0.3 is 0 Å². The van der Waals surface area contributed by atoms with E-state index in [1.807, 2.05) is 37.3 Å². The van der Waals surface area contributed by atoms with Crippen molar-refractivity contribution in [2.75, 3.05) is 33.1 Å². The Kier molecular flexibility index (Phi) is 11.7. The number of nitrogens with one attached hydrogen (secondary N) is 2. The Hall–Kier alpha value is -2.01. The Bertz CT molecular complexity index is 948. The molecular formula is C22H32IN3O4S. The highest BCUT2D eigenvalue weighted by atomic mass is 127. The SMILES string of the molecule is CCNC(=NCc1ccc(S(C)(=O)=O)c(C)c1)NCCCOc1ccc(OC)cc1.I. The van der Waals surface area contributed by atoms with Crippen molar-refractivity contribution in [1.29, 1.82) is 0 Å². The van der Waals surface area contributed by atoms with Crippen molar-refractivity contribution < 1.29 is 17.9 Å². The van der Waals surface area contributed by atoms with E-state index in [0.717, 1.165) is 35.6 Å². The average Bonchev–Trinajstić information content (AvgIpc) is 2.71. The van der Waals surface area contributed by atoms with Gasteiger partial charge in [-0.3, -0.25) is 0 Å². The first-order chi connectivity index (χ1) is 14.3. The molecule has 0 saturated heterocycles. The van der Waals surface area contributed by atoms with Gasteiger partial charge in [-0.2, -0.15) is 0 Å². The highest BCUT2D eigenvalue weighted by Crippen LogP contribution is 2.18. The first kappa shape index (κ1) is 27.0. The zero-order chi connectivity index (χ0) is 22.0. The lowest BCUT2D eigenvalue weighted by atomic mass is 10.1. The molecule has 9 heteroatoms. The Morgan fingerprint density at radius 1 is 1.06 bits per heavy atom. The number of nitrogens with zero attached hydrogens (tertiary/aromatic N) is 1. The summed E-state index contributed by atoms with van der Waals surface area (Å²) in [5.41, 5.74) is 1.69. The Labute approximate surface area is 202 Å². The molecule has 0 saturated carbocycles. The number of hydrogen-bond donors (Lipinski definition) is 2. The summed E-state index contributed by atoms with van der Waals surface area (Å²) in [5, 5.41) is 6.50. The molecule has 2 N–H and O–H groups in total. The molecule has 0 amide bonds. The fraction of sp³-hybridized carbons (Fsp3) is 0.409. The largest absolute Gasteiger partial charge is 0.497 e. The molecule has 0 aliphatic carbocycles. The van der Waals surface area contributed by atoms with E-state index in [2.05, 4.69) is 15.6 Å². The lowest BCUT2D eigenvalue weighted by molar-refractivity contribution is 0.310. The third-order valence-corrected chi connectivity index (χ3v) is 5.60. The molecule has 0 spiro atoms. The first-order valence-corrected chi connectivity index (χ1v) is 11.8. The number of guanidine groups is 1. The molecule has 0 radical (unpaired) electrons. The molecule has 31 heavy (non-hydrogen) atoms. The van der Waals surface area contributed by atoms with E-state index in [9.17, 15) is 8.42 Å². The fourth-order valence-corrected chi connectivity index (χ4v) is 3.84. The van der Waals surface area contributed by atoms with E-state index < -0.39 is 9.84 Å². The van der Waals surface area contributed by atoms with E-state index in [1.54, 1.807) is 26.2 Å². The van der Waals surface area contributed by atoms with Gasteiger partial charge in [0.15, 0.2) is 15.8 Å². The van der Waals surface area contributed by atoms with E-state index in [-0.39, 0.29) is 24.0 Å². The van der Waals surface area contributed by atoms with Crippen LogP contribution in [0.4, 0.5) is 0 Å². The van der Waals surface area contributed by atoms with Gasteiger partial charge in [0.25, 0.3) is 0 Å². The van der Waals surface area contributed by atoms with Crippen molar-refractivity contribution in [2.24, 2.45) is 4.99 Å². The molecular weight excluding hydrogens is 529 g/mol. The van der Waals surface area contributed by atoms with Crippen LogP contribution >= 0.6 is 24.0 Å². The van der Waals surface area contributed by atoms with E-state index in [1.165, 1.54) is 6.26 Å². The summed E-state index contributed by atoms with van der Waals surface area (Å²) >= 11 is 0. The van der Waals surface area contributed by atoms with Crippen LogP contribution in [0, 0.1) is 6.92 Å². The van der Waals surface area contributed by atoms with Crippen LogP contribution in [0.3, 0.4) is 0 Å². The second kappa shape index (κ2) is 13.4. The van der Waals surface area contributed by atoms with Crippen molar-refractivity contribution in [3.8, 4) is 11.5 Å². The predicted molar refractivity (Wildman–Crippen MR) is 136 cm³/mol. The number of methoxy groups -OCH3 is 1. The van der Waals surface area contributed by atoms with Crippen LogP contribution in [-0.4, -0.2) is 47.4 Å². The smallest absolute Gasteiger partial charge is 0.191 e. The summed E-state index contributed by atoms with van der Waals surface area (Å²) in [5.74, 6) is 2.33. The van der Waals surface area contributed by atoms with Crippen molar-refractivity contribution in [3.05, 3.63) is 53.6 Å². The summed E-state index contributed by atoms with van der Waals surface area (Å²) < 4.78 is 34.3. The fourth-order valence-electron chi connectivity index (χ4n) is 2.88. The standard InChI is InChI=1S/C22H31N3O4S.HI/c1-5-23-22(24-13-6-14-29-20-10-8-19(28-3)9-11-20)25-16-18-7-12-21(17(2)15-18)30(4,26)27;/h7-12,15H,5-6,13-14,16H2,1-4H3,(H2,23,24,25);1H. The first-order valence-electron chi connectivity index (χ1n) is 9.92. The van der Waals surface area contributed by atoms with Gasteiger partial charge in [0.05, 0.1) is 25.2 Å². The maximum Gasteiger partial charge on any atom is 0.191 e. The zero-order valence-corrected chi connectivity index (χ0v) is 21.6. The number of sulfone groups is 1. The number of rotatable bonds is 10. The molecule has 0 aliphatic heterocycles. The van der Waals surface area contributed by atoms with Gasteiger partial charge < -0.3 is 20.1 Å². The third-order valence-electron chi connectivity index (χ3n) is 4.34. The van der Waals surface area contributed by atoms with Gasteiger partial charge in [-0.15, -0.1) is 24.0 Å². The summed E-state index contributed by atoms with van der Waals surface area (Å²) in [6, 6.07) is 12.8. The third kappa shape index (κ3) is 9.34. The molecule has 2 rings (SSSR count). The van der Waals surface area contributed by atoms with Gasteiger partial charge in [-0.1, -0.05) is 12.1 Å². The molecule has 7 nitrogen and oxygen atoms in total. The van der Waals surface area contributed by atoms with Gasteiger partial charge in [0, 0.05) is 19.3 Å². The van der Waals surface area contributed by atoms with E-state index in [0.29, 0.717) is 30.6 Å². The molecule has 0 aliphatic rings. The zero-order valence-electron chi connectivity index (χ0n) is 18.5. The van der Waals surface area contributed by atoms with Crippen LogP contribution in [0.1, 0.15) is 24.5 Å². The molecule has 0 fully saturated rings. The minimum absolute atomic E-state index is 0. The maximum absolute atomic E-state index is 11.7. The van der Waals surface area contributed by atoms with Crippen molar-refractivity contribution >= 4 is 39.8 Å². The minimum atomic E-state index is -3.21. The van der Waals surface area contributed by atoms with Gasteiger partial charge in [0.2, 0.25) is 0 Å². The average molecular weight is 561 g/mol. The summed E-state index contributed by atoms with van der Waals surface area (Å²) in [6.07, 6.45) is 2.04. The normalized spacial score (nSPS) is 11.4. The molecule has 2 aromatic carbocycles. The highest BCUT2D eigenvalue weighted by Gasteiger charge is 2.10. The van der Waals surface area contributed by atoms with Gasteiger partial charge in [-0.25, -0.2) is 13.4 Å². The second-order valence-corrected chi connectivity index (χ2v) is 8.86. The van der Waals surface area contributed by atoms with Crippen LogP contribution in [0.25, 0.3) is 0 Å². The Morgan fingerprint density at radius 3 is 2.32 bits per heavy atom. The summed E-state index contributed by atoms with van der Waals surface area (Å²) in [6.45, 7) is 6.33. The monoisotopic (exact) mass is 561 g/mol. The summed E-state index contributed by atoms with van der Waals surface area (Å²) in [7, 11) is -1.57. The molecule has 0 aromatic heterocycles. The number of halogens is 1. The minimum Gasteiger partial charge on any atom is -0.497 e. The van der Waals surface area contributed by atoms with Crippen molar-refractivity contribution in [2.45, 2.75) is 31.7 Å². The molecule has 0 heterocycles. The van der Waals surface area contributed by atoms with E-state index in [4.69, 9.17) is 9.47 Å². The van der Waals surface area contributed by atoms with Crippen molar-refractivity contribution in [3.63, 3.8) is 0 Å². The highest BCUT2D eigenvalue weighted by molar-refractivity contribution is 14.0. The van der Waals surface area contributed by atoms with Crippen LogP contribution in [0.2, 0.25) is 0 Å². The number of hydrogen-bond acceptors (Lipinski definition) is 5. The maximum atomic E-state index is 11.7. The number of aliphatic imine (C=N–C) groups is 1. The van der Waals surface area contributed by atoms with Crippen LogP contribution in [-0.2, 0) is 16.4 Å². The quantitative estimate of drug-likeness (QED) is 0.200. The summed E-state index contributed by atoms with van der Waals surface area (Å²) in [4.78, 5) is 4.94. The lowest BCUT2D eigenvalue weighted by Crippen LogP contribution is -2.38. The lowest BCUT2D eigenvalue weighted by Gasteiger charge is -2.12. The van der Waals surface area contributed by atoms with Crippen molar-refractivity contribution in [1.82, 2.24) is 10.6 Å². The Balaban J connectivity index is 0.00000480. The number of aryl methyl sites for hydroxylation is 1. The van der Waals surface area contributed by atoms with E-state index >= 15 is 0 Å².